The zero-order valence-corrected chi connectivity index (χ0v) is 18.4. The van der Waals surface area contributed by atoms with E-state index < -0.39 is 0 Å². The van der Waals surface area contributed by atoms with Gasteiger partial charge in [-0.3, -0.25) is 4.90 Å². The Kier molecular flexibility index (Phi) is 5.60. The SMILES string of the molecule is COc1cc(N2CCOC2=O)ccc1Nc1nc(NC2CCCCC2)c2c(C#N)c[nH]c2n1. The van der Waals surface area contributed by atoms with Crippen molar-refractivity contribution in [3.05, 3.63) is 30.0 Å². The maximum absolute atomic E-state index is 11.9. The number of benzene rings is 1. The molecule has 10 nitrogen and oxygen atoms in total. The maximum atomic E-state index is 11.9. The molecule has 1 aromatic carbocycles. The molecule has 2 fully saturated rings. The van der Waals surface area contributed by atoms with Gasteiger partial charge in [0, 0.05) is 18.3 Å². The van der Waals surface area contributed by atoms with E-state index in [0.717, 1.165) is 12.8 Å². The number of cyclic esters (lactones) is 1. The standard InChI is InChI=1S/C23H25N7O3/c1-32-18-11-16(30-9-10-33-23(30)31)7-8-17(18)27-22-28-20-19(14(12-24)13-25-20)21(29-22)26-15-5-3-2-4-6-15/h7-8,11,13,15H,2-6,9-10H2,1H3,(H3,25,26,27,28,29). The molecule has 3 aromatic rings. The molecule has 1 saturated heterocycles. The molecule has 170 valence electrons. The van der Waals surface area contributed by atoms with Gasteiger partial charge in [-0.1, -0.05) is 19.3 Å². The molecule has 3 heterocycles. The Morgan fingerprint density at radius 3 is 2.85 bits per heavy atom. The van der Waals surface area contributed by atoms with Crippen molar-refractivity contribution in [2.75, 3.05) is 35.8 Å². The minimum Gasteiger partial charge on any atom is -0.494 e. The first-order valence-electron chi connectivity index (χ1n) is 11.1. The minimum atomic E-state index is -0.370. The zero-order valence-electron chi connectivity index (χ0n) is 18.4. The van der Waals surface area contributed by atoms with E-state index in [1.807, 2.05) is 12.1 Å². The van der Waals surface area contributed by atoms with E-state index in [2.05, 4.69) is 26.7 Å². The van der Waals surface area contributed by atoms with Gasteiger partial charge in [0.1, 0.15) is 29.9 Å². The summed E-state index contributed by atoms with van der Waals surface area (Å²) in [5.74, 6) is 1.56. The molecule has 0 spiro atoms. The minimum absolute atomic E-state index is 0.320. The van der Waals surface area contributed by atoms with Gasteiger partial charge >= 0.3 is 6.09 Å². The van der Waals surface area contributed by atoms with Crippen molar-refractivity contribution in [3.8, 4) is 11.8 Å². The monoisotopic (exact) mass is 447 g/mol. The third-order valence-corrected chi connectivity index (χ3v) is 6.10. The number of rotatable bonds is 6. The van der Waals surface area contributed by atoms with E-state index in [1.165, 1.54) is 19.3 Å². The lowest BCUT2D eigenvalue weighted by Gasteiger charge is -2.24. The lowest BCUT2D eigenvalue weighted by Crippen LogP contribution is -2.23. The van der Waals surface area contributed by atoms with Crippen molar-refractivity contribution in [1.29, 1.82) is 5.26 Å². The van der Waals surface area contributed by atoms with Gasteiger partial charge in [0.25, 0.3) is 0 Å². The molecule has 2 aliphatic rings. The summed E-state index contributed by atoms with van der Waals surface area (Å²) in [6.45, 7) is 0.866. The Labute approximate surface area is 190 Å². The van der Waals surface area contributed by atoms with E-state index >= 15 is 0 Å². The van der Waals surface area contributed by atoms with Gasteiger partial charge < -0.3 is 25.1 Å². The molecule has 33 heavy (non-hydrogen) atoms. The van der Waals surface area contributed by atoms with E-state index in [0.29, 0.717) is 64.7 Å². The molecule has 0 unspecified atom stereocenters. The summed E-state index contributed by atoms with van der Waals surface area (Å²) in [6, 6.07) is 7.95. The van der Waals surface area contributed by atoms with Crippen LogP contribution in [0.4, 0.5) is 27.9 Å². The fraction of sp³-hybridized carbons (Fsp3) is 0.391. The number of methoxy groups -OCH3 is 1. The van der Waals surface area contributed by atoms with Crippen LogP contribution in [0.5, 0.6) is 5.75 Å². The van der Waals surface area contributed by atoms with Gasteiger partial charge in [0.15, 0.2) is 0 Å². The van der Waals surface area contributed by atoms with Crippen LogP contribution in [0.2, 0.25) is 0 Å². The second-order valence-corrected chi connectivity index (χ2v) is 8.19. The number of H-pyrrole nitrogens is 1. The normalized spacial score (nSPS) is 16.5. The van der Waals surface area contributed by atoms with E-state index in [9.17, 15) is 10.1 Å². The lowest BCUT2D eigenvalue weighted by molar-refractivity contribution is 0.181. The third kappa shape index (κ3) is 4.09. The van der Waals surface area contributed by atoms with Gasteiger partial charge in [-0.15, -0.1) is 0 Å². The number of amides is 1. The number of nitriles is 1. The number of aromatic nitrogens is 3. The zero-order chi connectivity index (χ0) is 22.8. The van der Waals surface area contributed by atoms with Crippen LogP contribution in [0.15, 0.2) is 24.4 Å². The highest BCUT2D eigenvalue weighted by molar-refractivity contribution is 5.94. The van der Waals surface area contributed by atoms with Crippen LogP contribution in [0.1, 0.15) is 37.7 Å². The second-order valence-electron chi connectivity index (χ2n) is 8.19. The fourth-order valence-electron chi connectivity index (χ4n) is 4.42. The summed E-state index contributed by atoms with van der Waals surface area (Å²) >= 11 is 0. The Morgan fingerprint density at radius 2 is 2.12 bits per heavy atom. The predicted molar refractivity (Wildman–Crippen MR) is 124 cm³/mol. The van der Waals surface area contributed by atoms with Crippen molar-refractivity contribution in [2.24, 2.45) is 0 Å². The van der Waals surface area contributed by atoms with Crippen LogP contribution in [0, 0.1) is 11.3 Å². The van der Waals surface area contributed by atoms with Crippen molar-refractivity contribution in [1.82, 2.24) is 15.0 Å². The molecule has 0 bridgehead atoms. The molecular weight excluding hydrogens is 422 g/mol. The van der Waals surface area contributed by atoms with Gasteiger partial charge in [0.05, 0.1) is 36.0 Å². The van der Waals surface area contributed by atoms with E-state index in [1.54, 1.807) is 24.3 Å². The van der Waals surface area contributed by atoms with Crippen LogP contribution in [0.3, 0.4) is 0 Å². The van der Waals surface area contributed by atoms with Crippen LogP contribution < -0.4 is 20.3 Å². The molecule has 1 aliphatic heterocycles. The molecular formula is C23H25N7O3. The van der Waals surface area contributed by atoms with Crippen LogP contribution >= 0.6 is 0 Å². The average molecular weight is 447 g/mol. The molecule has 5 rings (SSSR count). The topological polar surface area (TPSA) is 128 Å². The van der Waals surface area contributed by atoms with Gasteiger partial charge in [-0.25, -0.2) is 4.79 Å². The Morgan fingerprint density at radius 1 is 1.27 bits per heavy atom. The summed E-state index contributed by atoms with van der Waals surface area (Å²) < 4.78 is 10.6. The quantitative estimate of drug-likeness (QED) is 0.511. The highest BCUT2D eigenvalue weighted by atomic mass is 16.6. The summed E-state index contributed by atoms with van der Waals surface area (Å²) in [7, 11) is 1.57. The number of hydrogen-bond acceptors (Lipinski definition) is 8. The van der Waals surface area contributed by atoms with Crippen molar-refractivity contribution < 1.29 is 14.3 Å². The highest BCUT2D eigenvalue weighted by Gasteiger charge is 2.25. The summed E-state index contributed by atoms with van der Waals surface area (Å²) in [6.07, 6.45) is 7.06. The number of ether oxygens (including phenoxy) is 2. The Bertz CT molecular complexity index is 1230. The third-order valence-electron chi connectivity index (χ3n) is 6.10. The second kappa shape index (κ2) is 8.86. The molecule has 2 aromatic heterocycles. The number of anilines is 4. The largest absolute Gasteiger partial charge is 0.494 e. The smallest absolute Gasteiger partial charge is 0.414 e. The number of fused-ring (bicyclic) bond motifs is 1. The number of carbonyl (C=O) groups is 1. The Hall–Kier alpha value is -4.00. The van der Waals surface area contributed by atoms with Gasteiger partial charge in [-0.05, 0) is 25.0 Å². The molecule has 1 aliphatic carbocycles. The molecule has 0 radical (unpaired) electrons. The van der Waals surface area contributed by atoms with Crippen molar-refractivity contribution >= 4 is 40.3 Å². The number of nitrogens with zero attached hydrogens (tertiary/aromatic N) is 4. The average Bonchev–Trinajstić information content (AvgIpc) is 3.46. The van der Waals surface area contributed by atoms with Crippen LogP contribution in [-0.4, -0.2) is 47.3 Å². The number of carbonyl (C=O) groups excluding carboxylic acids is 1. The fourth-order valence-corrected chi connectivity index (χ4v) is 4.42. The number of nitrogens with one attached hydrogen (secondary N) is 3. The molecule has 0 atom stereocenters. The molecule has 1 amide bonds. The van der Waals surface area contributed by atoms with E-state index in [4.69, 9.17) is 14.5 Å². The summed E-state index contributed by atoms with van der Waals surface area (Å²) in [5.41, 5.74) is 2.44. The molecule has 10 heteroatoms. The highest BCUT2D eigenvalue weighted by Crippen LogP contribution is 2.34. The molecule has 3 N–H and O–H groups in total. The first kappa shape index (κ1) is 20.9. The van der Waals surface area contributed by atoms with Crippen molar-refractivity contribution in [3.63, 3.8) is 0 Å². The van der Waals surface area contributed by atoms with Crippen molar-refractivity contribution in [2.45, 2.75) is 38.1 Å². The lowest BCUT2D eigenvalue weighted by atomic mass is 9.95. The summed E-state index contributed by atoms with van der Waals surface area (Å²) in [4.78, 5) is 25.8. The Balaban J connectivity index is 1.47. The predicted octanol–water partition coefficient (Wildman–Crippen LogP) is 4.28. The van der Waals surface area contributed by atoms with E-state index in [-0.39, 0.29) is 6.09 Å². The van der Waals surface area contributed by atoms with Crippen LogP contribution in [0.25, 0.3) is 11.0 Å². The van der Waals surface area contributed by atoms with Gasteiger partial charge in [-0.2, -0.15) is 15.2 Å². The molecule has 1 saturated carbocycles. The first-order valence-corrected chi connectivity index (χ1v) is 11.1. The maximum Gasteiger partial charge on any atom is 0.414 e. The number of hydrogen-bond donors (Lipinski definition) is 3. The van der Waals surface area contributed by atoms with Crippen LogP contribution in [-0.2, 0) is 4.74 Å². The summed E-state index contributed by atoms with van der Waals surface area (Å²) in [5, 5.41) is 17.0. The first-order chi connectivity index (χ1) is 16.2. The number of aromatic amines is 1. The van der Waals surface area contributed by atoms with Gasteiger partial charge in [0.2, 0.25) is 5.95 Å².